The molecule has 1 aromatic carbocycles. The Morgan fingerprint density at radius 1 is 1.38 bits per heavy atom. The number of nitrogens with zero attached hydrogens (tertiary/aromatic N) is 2. The molecule has 0 radical (unpaired) electrons. The largest absolute Gasteiger partial charge is 0.355 e. The normalized spacial score (nSPS) is 23.2. The number of hydrogen-bond donors (Lipinski definition) is 1. The molecule has 1 spiro atoms. The second kappa shape index (κ2) is 5.26. The molecule has 0 aliphatic carbocycles. The number of fused-ring (bicyclic) bond motifs is 1. The SMILES string of the molecule is Cc1nc2cc(F)ccc2cc1C(=O)N1CCC2(CNC(=O)C2)C1. The van der Waals surface area contributed by atoms with Crippen LogP contribution >= 0.6 is 0 Å². The standard InChI is InChI=1S/C18H18FN3O2/c1-11-14(6-12-2-3-13(19)7-15(12)21-11)17(24)22-5-4-18(10-22)8-16(23)20-9-18/h2-3,6-7H,4-5,8-10H2,1H3,(H,20,23). The van der Waals surface area contributed by atoms with E-state index in [1.54, 1.807) is 24.0 Å². The lowest BCUT2D eigenvalue weighted by Crippen LogP contribution is -2.33. The number of benzene rings is 1. The molecule has 6 heteroatoms. The minimum atomic E-state index is -0.339. The number of hydrogen-bond acceptors (Lipinski definition) is 3. The van der Waals surface area contributed by atoms with Crippen LogP contribution in [0.25, 0.3) is 10.9 Å². The van der Waals surface area contributed by atoms with Crippen LogP contribution < -0.4 is 5.32 Å². The Morgan fingerprint density at radius 2 is 2.21 bits per heavy atom. The van der Waals surface area contributed by atoms with E-state index in [1.165, 1.54) is 12.1 Å². The van der Waals surface area contributed by atoms with Crippen molar-refractivity contribution in [3.05, 3.63) is 41.3 Å². The van der Waals surface area contributed by atoms with E-state index in [9.17, 15) is 14.0 Å². The number of aromatic nitrogens is 1. The van der Waals surface area contributed by atoms with Crippen LogP contribution in [0.3, 0.4) is 0 Å². The summed E-state index contributed by atoms with van der Waals surface area (Å²) in [6.45, 7) is 3.65. The molecule has 2 aliphatic rings. The molecular formula is C18H18FN3O2. The van der Waals surface area contributed by atoms with Gasteiger partial charge < -0.3 is 10.2 Å². The molecule has 0 bridgehead atoms. The maximum atomic E-state index is 13.3. The third-order valence-electron chi connectivity index (χ3n) is 5.12. The Hall–Kier alpha value is -2.50. The first-order valence-corrected chi connectivity index (χ1v) is 8.09. The first-order chi connectivity index (χ1) is 11.5. The number of nitrogens with one attached hydrogen (secondary N) is 1. The smallest absolute Gasteiger partial charge is 0.255 e. The van der Waals surface area contributed by atoms with E-state index in [1.807, 2.05) is 0 Å². The fraction of sp³-hybridized carbons (Fsp3) is 0.389. The van der Waals surface area contributed by atoms with Crippen molar-refractivity contribution in [1.29, 1.82) is 0 Å². The second-order valence-electron chi connectivity index (χ2n) is 6.89. The summed E-state index contributed by atoms with van der Waals surface area (Å²) in [5.41, 5.74) is 1.57. The highest BCUT2D eigenvalue weighted by Gasteiger charge is 2.45. The van der Waals surface area contributed by atoms with Gasteiger partial charge >= 0.3 is 0 Å². The monoisotopic (exact) mass is 327 g/mol. The first kappa shape index (κ1) is 15.1. The Balaban J connectivity index is 1.63. The summed E-state index contributed by atoms with van der Waals surface area (Å²) < 4.78 is 13.3. The number of amides is 2. The Kier molecular flexibility index (Phi) is 3.30. The average molecular weight is 327 g/mol. The van der Waals surface area contributed by atoms with Crippen molar-refractivity contribution < 1.29 is 14.0 Å². The summed E-state index contributed by atoms with van der Waals surface area (Å²) in [5.74, 6) is -0.342. The Labute approximate surface area is 138 Å². The maximum absolute atomic E-state index is 13.3. The predicted octanol–water partition coefficient (Wildman–Crippen LogP) is 2.03. The van der Waals surface area contributed by atoms with Gasteiger partial charge in [-0.2, -0.15) is 0 Å². The quantitative estimate of drug-likeness (QED) is 0.872. The van der Waals surface area contributed by atoms with Crippen LogP contribution in [0.5, 0.6) is 0 Å². The molecule has 4 rings (SSSR count). The summed E-state index contributed by atoms with van der Waals surface area (Å²) in [7, 11) is 0. The van der Waals surface area contributed by atoms with Gasteiger partial charge in [-0.25, -0.2) is 4.39 Å². The molecular weight excluding hydrogens is 309 g/mol. The summed E-state index contributed by atoms with van der Waals surface area (Å²) in [6, 6.07) is 6.16. The molecule has 2 amide bonds. The van der Waals surface area contributed by atoms with Gasteiger partial charge in [-0.15, -0.1) is 0 Å². The minimum absolute atomic E-state index is 0.0647. The van der Waals surface area contributed by atoms with E-state index in [4.69, 9.17) is 0 Å². The van der Waals surface area contributed by atoms with Gasteiger partial charge in [-0.3, -0.25) is 14.6 Å². The number of carbonyl (C=O) groups excluding carboxylic acids is 2. The molecule has 5 nitrogen and oxygen atoms in total. The van der Waals surface area contributed by atoms with Crippen LogP contribution in [0.1, 0.15) is 28.9 Å². The predicted molar refractivity (Wildman–Crippen MR) is 87.0 cm³/mol. The van der Waals surface area contributed by atoms with Gasteiger partial charge in [0, 0.05) is 42.9 Å². The molecule has 24 heavy (non-hydrogen) atoms. The van der Waals surface area contributed by atoms with Crippen molar-refractivity contribution in [2.75, 3.05) is 19.6 Å². The highest BCUT2D eigenvalue weighted by atomic mass is 19.1. The average Bonchev–Trinajstić information content (AvgIpc) is 3.12. The number of aryl methyl sites for hydroxylation is 1. The van der Waals surface area contributed by atoms with Gasteiger partial charge in [0.05, 0.1) is 16.8 Å². The zero-order chi connectivity index (χ0) is 16.9. The van der Waals surface area contributed by atoms with E-state index < -0.39 is 0 Å². The first-order valence-electron chi connectivity index (χ1n) is 8.09. The van der Waals surface area contributed by atoms with Crippen molar-refractivity contribution in [2.45, 2.75) is 19.8 Å². The summed E-state index contributed by atoms with van der Waals surface area (Å²) in [4.78, 5) is 30.6. The van der Waals surface area contributed by atoms with Gasteiger partial charge in [0.2, 0.25) is 5.91 Å². The van der Waals surface area contributed by atoms with Gasteiger partial charge in [-0.1, -0.05) is 0 Å². The molecule has 2 saturated heterocycles. The van der Waals surface area contributed by atoms with Crippen molar-refractivity contribution in [3.8, 4) is 0 Å². The number of pyridine rings is 1. The topological polar surface area (TPSA) is 62.3 Å². The van der Waals surface area contributed by atoms with Gasteiger partial charge in [0.25, 0.3) is 5.91 Å². The van der Waals surface area contributed by atoms with Gasteiger partial charge in [0.15, 0.2) is 0 Å². The molecule has 2 aromatic rings. The van der Waals surface area contributed by atoms with Gasteiger partial charge in [-0.05, 0) is 31.5 Å². The van der Waals surface area contributed by atoms with Crippen LogP contribution in [-0.2, 0) is 4.79 Å². The van der Waals surface area contributed by atoms with Crippen LogP contribution in [0, 0.1) is 18.2 Å². The molecule has 1 N–H and O–H groups in total. The lowest BCUT2D eigenvalue weighted by molar-refractivity contribution is -0.119. The number of likely N-dealkylation sites (tertiary alicyclic amines) is 1. The van der Waals surface area contributed by atoms with E-state index in [0.717, 1.165) is 11.8 Å². The summed E-state index contributed by atoms with van der Waals surface area (Å²) >= 11 is 0. The zero-order valence-corrected chi connectivity index (χ0v) is 13.4. The number of halogens is 1. The Bertz CT molecular complexity index is 867. The number of rotatable bonds is 1. The van der Waals surface area contributed by atoms with Crippen LogP contribution in [0.15, 0.2) is 24.3 Å². The molecule has 2 aliphatic heterocycles. The lowest BCUT2D eigenvalue weighted by Gasteiger charge is -2.22. The van der Waals surface area contributed by atoms with E-state index in [2.05, 4.69) is 10.3 Å². The molecule has 3 heterocycles. The molecule has 1 aromatic heterocycles. The van der Waals surface area contributed by atoms with E-state index in [0.29, 0.717) is 42.8 Å². The zero-order valence-electron chi connectivity index (χ0n) is 13.4. The summed E-state index contributed by atoms with van der Waals surface area (Å²) in [5, 5.41) is 3.61. The van der Waals surface area contributed by atoms with E-state index in [-0.39, 0.29) is 23.0 Å². The molecule has 124 valence electrons. The molecule has 0 saturated carbocycles. The van der Waals surface area contributed by atoms with Crippen molar-refractivity contribution >= 4 is 22.7 Å². The van der Waals surface area contributed by atoms with Crippen molar-refractivity contribution in [2.24, 2.45) is 5.41 Å². The highest BCUT2D eigenvalue weighted by molar-refractivity contribution is 5.99. The summed E-state index contributed by atoms with van der Waals surface area (Å²) in [6.07, 6.45) is 1.33. The Morgan fingerprint density at radius 3 is 2.96 bits per heavy atom. The number of carbonyl (C=O) groups is 2. The molecule has 1 atom stereocenters. The molecule has 1 unspecified atom stereocenters. The second-order valence-corrected chi connectivity index (χ2v) is 6.89. The minimum Gasteiger partial charge on any atom is -0.355 e. The van der Waals surface area contributed by atoms with E-state index >= 15 is 0 Å². The van der Waals surface area contributed by atoms with Crippen LogP contribution in [0.4, 0.5) is 4.39 Å². The fourth-order valence-electron chi connectivity index (χ4n) is 3.77. The van der Waals surface area contributed by atoms with Crippen molar-refractivity contribution in [3.63, 3.8) is 0 Å². The third-order valence-corrected chi connectivity index (χ3v) is 5.12. The maximum Gasteiger partial charge on any atom is 0.255 e. The van der Waals surface area contributed by atoms with Crippen LogP contribution in [0.2, 0.25) is 0 Å². The lowest BCUT2D eigenvalue weighted by atomic mass is 9.86. The van der Waals surface area contributed by atoms with Crippen LogP contribution in [-0.4, -0.2) is 41.3 Å². The highest BCUT2D eigenvalue weighted by Crippen LogP contribution is 2.37. The fourth-order valence-corrected chi connectivity index (χ4v) is 3.77. The van der Waals surface area contributed by atoms with Crippen molar-refractivity contribution in [1.82, 2.24) is 15.2 Å². The van der Waals surface area contributed by atoms with Gasteiger partial charge in [0.1, 0.15) is 5.82 Å². The third kappa shape index (κ3) is 2.42. The molecule has 2 fully saturated rings.